The third kappa shape index (κ3) is 4.81. The van der Waals surface area contributed by atoms with E-state index in [0.29, 0.717) is 16.9 Å². The van der Waals surface area contributed by atoms with E-state index in [0.717, 1.165) is 0 Å². The number of amides is 1. The molecule has 2 rings (SSSR count). The summed E-state index contributed by atoms with van der Waals surface area (Å²) in [6, 6.07) is 4.78. The maximum absolute atomic E-state index is 12.3. The first kappa shape index (κ1) is 20.8. The van der Waals surface area contributed by atoms with E-state index in [1.54, 1.807) is 39.0 Å². The number of halogens is 2. The van der Waals surface area contributed by atoms with Crippen molar-refractivity contribution in [1.82, 2.24) is 4.98 Å². The molecule has 1 amide bonds. The fraction of sp³-hybridized carbons (Fsp3) is 0.278. The first-order valence-corrected chi connectivity index (χ1v) is 8.79. The molecule has 1 heterocycles. The number of nitrogens with one attached hydrogen (secondary N) is 2. The number of ether oxygens (including phenoxy) is 2. The molecule has 27 heavy (non-hydrogen) atoms. The van der Waals surface area contributed by atoms with Crippen LogP contribution in [0.15, 0.2) is 18.2 Å². The molecule has 2 N–H and O–H groups in total. The van der Waals surface area contributed by atoms with E-state index in [2.05, 4.69) is 10.3 Å². The van der Waals surface area contributed by atoms with Crippen molar-refractivity contribution in [1.29, 1.82) is 0 Å². The molecule has 0 unspecified atom stereocenters. The molecule has 0 fully saturated rings. The highest BCUT2D eigenvalue weighted by Crippen LogP contribution is 2.29. The minimum atomic E-state index is -0.732. The van der Waals surface area contributed by atoms with E-state index < -0.39 is 24.5 Å². The number of anilines is 1. The number of aryl methyl sites for hydroxylation is 1. The number of carbonyl (C=O) groups is 3. The third-order valence-corrected chi connectivity index (χ3v) is 4.50. The van der Waals surface area contributed by atoms with E-state index in [-0.39, 0.29) is 27.9 Å². The molecule has 1 aromatic carbocycles. The smallest absolute Gasteiger partial charge is 0.355 e. The van der Waals surface area contributed by atoms with Gasteiger partial charge in [0.15, 0.2) is 6.61 Å². The molecular formula is C18H18Cl2N2O5. The minimum Gasteiger partial charge on any atom is -0.461 e. The van der Waals surface area contributed by atoms with Gasteiger partial charge in [0.2, 0.25) is 0 Å². The maximum atomic E-state index is 12.3. The summed E-state index contributed by atoms with van der Waals surface area (Å²) in [7, 11) is 0. The zero-order chi connectivity index (χ0) is 20.1. The molecule has 0 saturated carbocycles. The number of carbonyl (C=O) groups excluding carboxylic acids is 3. The van der Waals surface area contributed by atoms with Gasteiger partial charge in [0.25, 0.3) is 5.91 Å². The first-order chi connectivity index (χ1) is 12.8. The molecule has 2 aromatic rings. The predicted molar refractivity (Wildman–Crippen MR) is 102 cm³/mol. The highest BCUT2D eigenvalue weighted by Gasteiger charge is 2.24. The van der Waals surface area contributed by atoms with E-state index in [1.807, 2.05) is 0 Å². The summed E-state index contributed by atoms with van der Waals surface area (Å²) in [5.41, 5.74) is 1.51. The summed E-state index contributed by atoms with van der Waals surface area (Å²) in [6.07, 6.45) is 0. The van der Waals surface area contributed by atoms with Crippen LogP contribution in [-0.4, -0.2) is 36.0 Å². The Labute approximate surface area is 165 Å². The second-order valence-electron chi connectivity index (χ2n) is 5.57. The molecule has 0 spiro atoms. The number of hydrogen-bond acceptors (Lipinski definition) is 5. The predicted octanol–water partition coefficient (Wildman–Crippen LogP) is 3.91. The number of benzene rings is 1. The Bertz CT molecular complexity index is 892. The standard InChI is InChI=1S/C18H18Cl2N2O5/c1-4-26-18(25)16-9(2)14(10(3)21-16)17(24)27-8-13(23)22-12-7-5-6-11(19)15(12)20/h5-7,21H,4,8H2,1-3H3,(H,22,23). The highest BCUT2D eigenvalue weighted by atomic mass is 35.5. The van der Waals surface area contributed by atoms with Crippen LogP contribution in [0.3, 0.4) is 0 Å². The van der Waals surface area contributed by atoms with Gasteiger partial charge in [0.1, 0.15) is 5.69 Å². The second kappa shape index (κ2) is 8.92. The average molecular weight is 413 g/mol. The number of hydrogen-bond donors (Lipinski definition) is 2. The van der Waals surface area contributed by atoms with Crippen molar-refractivity contribution in [3.05, 3.63) is 50.8 Å². The average Bonchev–Trinajstić information content (AvgIpc) is 2.92. The van der Waals surface area contributed by atoms with Crippen molar-refractivity contribution in [2.75, 3.05) is 18.5 Å². The van der Waals surface area contributed by atoms with Crippen molar-refractivity contribution in [3.63, 3.8) is 0 Å². The molecule has 0 radical (unpaired) electrons. The molecule has 0 aliphatic heterocycles. The van der Waals surface area contributed by atoms with Gasteiger partial charge in [-0.05, 0) is 38.5 Å². The molecule has 0 saturated heterocycles. The zero-order valence-corrected chi connectivity index (χ0v) is 16.5. The first-order valence-electron chi connectivity index (χ1n) is 8.03. The topological polar surface area (TPSA) is 97.5 Å². The summed E-state index contributed by atoms with van der Waals surface area (Å²) in [6.45, 7) is 4.59. The molecule has 0 aliphatic carbocycles. The van der Waals surface area contributed by atoms with Gasteiger partial charge in [-0.2, -0.15) is 0 Å². The van der Waals surface area contributed by atoms with Crippen LogP contribution in [0.2, 0.25) is 10.0 Å². The Morgan fingerprint density at radius 2 is 1.81 bits per heavy atom. The number of esters is 2. The fourth-order valence-electron chi connectivity index (χ4n) is 2.45. The van der Waals surface area contributed by atoms with Crippen LogP contribution in [0.1, 0.15) is 39.0 Å². The van der Waals surface area contributed by atoms with Gasteiger partial charge < -0.3 is 19.8 Å². The van der Waals surface area contributed by atoms with Crippen molar-refractivity contribution in [3.8, 4) is 0 Å². The van der Waals surface area contributed by atoms with E-state index in [9.17, 15) is 14.4 Å². The summed E-state index contributed by atoms with van der Waals surface area (Å²) in [5, 5.41) is 2.99. The van der Waals surface area contributed by atoms with Crippen molar-refractivity contribution in [2.24, 2.45) is 0 Å². The molecule has 9 heteroatoms. The quantitative estimate of drug-likeness (QED) is 0.700. The lowest BCUT2D eigenvalue weighted by atomic mass is 10.1. The SMILES string of the molecule is CCOC(=O)c1[nH]c(C)c(C(=O)OCC(=O)Nc2cccc(Cl)c2Cl)c1C. The van der Waals surface area contributed by atoms with Gasteiger partial charge >= 0.3 is 11.9 Å². The van der Waals surface area contributed by atoms with Gasteiger partial charge in [0, 0.05) is 5.69 Å². The molecule has 0 aliphatic rings. The Morgan fingerprint density at radius 3 is 2.48 bits per heavy atom. The van der Waals surface area contributed by atoms with Crippen molar-refractivity contribution in [2.45, 2.75) is 20.8 Å². The Balaban J connectivity index is 2.04. The van der Waals surface area contributed by atoms with E-state index in [4.69, 9.17) is 32.7 Å². The van der Waals surface area contributed by atoms with Crippen molar-refractivity contribution < 1.29 is 23.9 Å². The van der Waals surface area contributed by atoms with Crippen LogP contribution < -0.4 is 5.32 Å². The van der Waals surface area contributed by atoms with Gasteiger partial charge in [0.05, 0.1) is 27.9 Å². The molecule has 144 valence electrons. The third-order valence-electron chi connectivity index (χ3n) is 3.68. The highest BCUT2D eigenvalue weighted by molar-refractivity contribution is 6.44. The second-order valence-corrected chi connectivity index (χ2v) is 6.36. The van der Waals surface area contributed by atoms with Gasteiger partial charge in [-0.15, -0.1) is 0 Å². The summed E-state index contributed by atoms with van der Waals surface area (Å²) < 4.78 is 9.98. The van der Waals surface area contributed by atoms with Crippen molar-refractivity contribution >= 4 is 46.7 Å². The van der Waals surface area contributed by atoms with E-state index in [1.165, 1.54) is 0 Å². The fourth-order valence-corrected chi connectivity index (χ4v) is 2.80. The van der Waals surface area contributed by atoms with Crippen LogP contribution in [-0.2, 0) is 14.3 Å². The lowest BCUT2D eigenvalue weighted by Gasteiger charge is -2.09. The summed E-state index contributed by atoms with van der Waals surface area (Å²) in [4.78, 5) is 39.0. The molecule has 1 aromatic heterocycles. The normalized spacial score (nSPS) is 10.4. The number of H-pyrrole nitrogens is 1. The number of aromatic amines is 1. The maximum Gasteiger partial charge on any atom is 0.355 e. The summed E-state index contributed by atoms with van der Waals surface area (Å²) >= 11 is 11.9. The summed E-state index contributed by atoms with van der Waals surface area (Å²) in [5.74, 6) is -1.88. The van der Waals surface area contributed by atoms with Crippen LogP contribution >= 0.6 is 23.2 Å². The molecule has 7 nitrogen and oxygen atoms in total. The van der Waals surface area contributed by atoms with Crippen LogP contribution in [0.5, 0.6) is 0 Å². The lowest BCUT2D eigenvalue weighted by Crippen LogP contribution is -2.21. The number of aromatic nitrogens is 1. The molecule has 0 bridgehead atoms. The molecule has 0 atom stereocenters. The van der Waals surface area contributed by atoms with Crippen LogP contribution in [0.25, 0.3) is 0 Å². The minimum absolute atomic E-state index is 0.177. The monoisotopic (exact) mass is 412 g/mol. The lowest BCUT2D eigenvalue weighted by molar-refractivity contribution is -0.119. The molecular weight excluding hydrogens is 395 g/mol. The van der Waals surface area contributed by atoms with Gasteiger partial charge in [-0.3, -0.25) is 4.79 Å². The zero-order valence-electron chi connectivity index (χ0n) is 14.9. The Kier molecular flexibility index (Phi) is 6.87. The number of rotatable bonds is 6. The van der Waals surface area contributed by atoms with Gasteiger partial charge in [-0.1, -0.05) is 29.3 Å². The van der Waals surface area contributed by atoms with Gasteiger partial charge in [-0.25, -0.2) is 9.59 Å². The van der Waals surface area contributed by atoms with E-state index >= 15 is 0 Å². The van der Waals surface area contributed by atoms with Crippen LogP contribution in [0.4, 0.5) is 5.69 Å². The largest absolute Gasteiger partial charge is 0.461 e. The Morgan fingerprint density at radius 1 is 1.11 bits per heavy atom. The Hall–Kier alpha value is -2.51. The van der Waals surface area contributed by atoms with Crippen LogP contribution in [0, 0.1) is 13.8 Å².